The molecular formula is C38H39F2N5O6. The fourth-order valence-corrected chi connectivity index (χ4v) is 7.90. The van der Waals surface area contributed by atoms with Crippen LogP contribution >= 0.6 is 0 Å². The maximum Gasteiger partial charge on any atom is 0.290 e. The van der Waals surface area contributed by atoms with E-state index in [9.17, 15) is 14.4 Å². The van der Waals surface area contributed by atoms with Crippen LogP contribution < -0.4 is 15.1 Å². The lowest BCUT2D eigenvalue weighted by Gasteiger charge is -2.37. The quantitative estimate of drug-likeness (QED) is 0.313. The van der Waals surface area contributed by atoms with Crippen LogP contribution in [0.1, 0.15) is 40.1 Å². The number of halogens is 2. The molecule has 0 radical (unpaired) electrons. The Labute approximate surface area is 293 Å². The van der Waals surface area contributed by atoms with E-state index in [1.165, 1.54) is 12.1 Å². The number of nitrogens with zero attached hydrogens (tertiary/aromatic N) is 5. The molecule has 13 heteroatoms. The highest BCUT2D eigenvalue weighted by Crippen LogP contribution is 2.42. The molecule has 3 aromatic carbocycles. The third-order valence-corrected chi connectivity index (χ3v) is 10.6. The Morgan fingerprint density at radius 3 is 2.37 bits per heavy atom. The molecule has 8 rings (SSSR count). The van der Waals surface area contributed by atoms with E-state index in [-0.39, 0.29) is 60.0 Å². The number of benzene rings is 3. The van der Waals surface area contributed by atoms with E-state index >= 15 is 8.78 Å². The van der Waals surface area contributed by atoms with Crippen LogP contribution in [0.15, 0.2) is 65.6 Å². The third-order valence-electron chi connectivity index (χ3n) is 10.6. The van der Waals surface area contributed by atoms with Crippen LogP contribution in [0.2, 0.25) is 0 Å². The minimum absolute atomic E-state index is 0.0228. The van der Waals surface area contributed by atoms with Gasteiger partial charge in [-0.3, -0.25) is 19.2 Å². The summed E-state index contributed by atoms with van der Waals surface area (Å²) in [4.78, 5) is 57.5. The van der Waals surface area contributed by atoms with Crippen molar-refractivity contribution >= 4 is 34.9 Å². The molecule has 3 saturated heterocycles. The van der Waals surface area contributed by atoms with Gasteiger partial charge in [0.25, 0.3) is 18.3 Å². The number of likely N-dealkylation sites (N-methyl/N-ethyl adjacent to an activating group) is 1. The number of ether oxygens (including phenoxy) is 1. The number of hydrogen-bond acceptors (Lipinski definition) is 7. The van der Waals surface area contributed by atoms with Gasteiger partial charge in [-0.2, -0.15) is 0 Å². The number of carbonyl (C=O) groups excluding carboxylic acids is 2. The van der Waals surface area contributed by atoms with Gasteiger partial charge in [-0.05, 0) is 44.2 Å². The van der Waals surface area contributed by atoms with Gasteiger partial charge in [0.15, 0.2) is 11.6 Å². The molecule has 4 aliphatic heterocycles. The predicted octanol–water partition coefficient (Wildman–Crippen LogP) is 4.34. The SMILES string of the molecule is CC1COc2c(N3CCN(C)CC3)c(F)cc3c(=O)c(C(=O)N4C[C@@H]5CCN(C(=O)c6ccc(-c7ccccc7)c(F)c6)[C@@H]5C4)cn1c23.O=CO. The molecule has 2 amide bonds. The number of pyridine rings is 1. The second-order valence-electron chi connectivity index (χ2n) is 13.7. The molecule has 51 heavy (non-hydrogen) atoms. The van der Waals surface area contributed by atoms with Gasteiger partial charge in [-0.1, -0.05) is 36.4 Å². The molecule has 0 aliphatic carbocycles. The topological polar surface area (TPSA) is 116 Å². The Morgan fingerprint density at radius 1 is 0.941 bits per heavy atom. The van der Waals surface area contributed by atoms with Gasteiger partial charge in [-0.25, -0.2) is 8.78 Å². The number of amides is 2. The van der Waals surface area contributed by atoms with Gasteiger partial charge in [0.05, 0.1) is 23.0 Å². The van der Waals surface area contributed by atoms with Crippen molar-refractivity contribution in [3.63, 3.8) is 0 Å². The fraction of sp³-hybridized carbons (Fsp3) is 0.368. The average Bonchev–Trinajstić information content (AvgIpc) is 3.73. The van der Waals surface area contributed by atoms with Gasteiger partial charge < -0.3 is 34.0 Å². The first-order valence-corrected chi connectivity index (χ1v) is 17.1. The molecule has 0 spiro atoms. The van der Waals surface area contributed by atoms with E-state index in [1.54, 1.807) is 28.1 Å². The van der Waals surface area contributed by atoms with E-state index in [2.05, 4.69) is 4.90 Å². The highest BCUT2D eigenvalue weighted by molar-refractivity contribution is 6.00. The number of rotatable bonds is 4. The van der Waals surface area contributed by atoms with Crippen molar-refractivity contribution in [2.45, 2.75) is 25.4 Å². The van der Waals surface area contributed by atoms with Crippen LogP contribution in [-0.4, -0.2) is 108 Å². The number of fused-ring (bicyclic) bond motifs is 1. The van der Waals surface area contributed by atoms with Crippen molar-refractivity contribution < 1.29 is 33.0 Å². The zero-order valence-corrected chi connectivity index (χ0v) is 28.4. The van der Waals surface area contributed by atoms with Crippen LogP contribution in [0.25, 0.3) is 22.0 Å². The molecule has 3 fully saturated rings. The Kier molecular flexibility index (Phi) is 9.23. The number of carboxylic acid groups (broad SMARTS) is 1. The van der Waals surface area contributed by atoms with E-state index < -0.39 is 23.0 Å². The van der Waals surface area contributed by atoms with E-state index in [0.717, 1.165) is 18.7 Å². The normalized spacial score (nSPS) is 21.2. The molecule has 4 aromatic rings. The number of hydrogen-bond donors (Lipinski definition) is 1. The predicted molar refractivity (Wildman–Crippen MR) is 187 cm³/mol. The molecule has 1 aromatic heterocycles. The van der Waals surface area contributed by atoms with Gasteiger partial charge >= 0.3 is 0 Å². The summed E-state index contributed by atoms with van der Waals surface area (Å²) in [5, 5.41) is 7.01. The zero-order chi connectivity index (χ0) is 36.0. The Morgan fingerprint density at radius 2 is 1.67 bits per heavy atom. The van der Waals surface area contributed by atoms with E-state index in [0.29, 0.717) is 55.1 Å². The number of likely N-dealkylation sites (tertiary alicyclic amines) is 2. The number of anilines is 1. The Balaban J connectivity index is 0.00000131. The van der Waals surface area contributed by atoms with Crippen molar-refractivity contribution in [2.75, 3.05) is 64.4 Å². The zero-order valence-electron chi connectivity index (χ0n) is 28.4. The summed E-state index contributed by atoms with van der Waals surface area (Å²) in [7, 11) is 2.03. The fourth-order valence-electron chi connectivity index (χ4n) is 7.90. The van der Waals surface area contributed by atoms with Crippen LogP contribution in [0, 0.1) is 17.6 Å². The summed E-state index contributed by atoms with van der Waals surface area (Å²) < 4.78 is 38.9. The number of carbonyl (C=O) groups is 3. The first-order valence-electron chi connectivity index (χ1n) is 17.1. The maximum atomic E-state index is 15.8. The van der Waals surface area contributed by atoms with Crippen molar-refractivity contribution in [3.8, 4) is 16.9 Å². The summed E-state index contributed by atoms with van der Waals surface area (Å²) in [6.07, 6.45) is 2.30. The van der Waals surface area contributed by atoms with Crippen LogP contribution in [0.3, 0.4) is 0 Å². The van der Waals surface area contributed by atoms with Crippen LogP contribution in [0.5, 0.6) is 5.75 Å². The van der Waals surface area contributed by atoms with Crippen molar-refractivity contribution in [3.05, 3.63) is 93.8 Å². The second kappa shape index (κ2) is 13.8. The van der Waals surface area contributed by atoms with Gasteiger partial charge in [0.2, 0.25) is 5.43 Å². The van der Waals surface area contributed by atoms with Crippen molar-refractivity contribution in [2.24, 2.45) is 5.92 Å². The first-order chi connectivity index (χ1) is 24.6. The summed E-state index contributed by atoms with van der Waals surface area (Å²) in [5.74, 6) is -1.34. The minimum Gasteiger partial charge on any atom is -0.487 e. The minimum atomic E-state index is -0.539. The summed E-state index contributed by atoms with van der Waals surface area (Å²) in [6, 6.07) is 14.6. The summed E-state index contributed by atoms with van der Waals surface area (Å²) in [6.45, 7) is 5.98. The third kappa shape index (κ3) is 6.09. The number of aromatic nitrogens is 1. The molecule has 1 unspecified atom stereocenters. The lowest BCUT2D eigenvalue weighted by atomic mass is 10.0. The molecule has 0 saturated carbocycles. The molecule has 1 N–H and O–H groups in total. The number of piperazine rings is 1. The Hall–Kier alpha value is -5.30. The Bertz CT molecular complexity index is 2070. The average molecular weight is 700 g/mol. The van der Waals surface area contributed by atoms with Gasteiger partial charge in [0, 0.05) is 69.1 Å². The van der Waals surface area contributed by atoms with Crippen LogP contribution in [-0.2, 0) is 4.79 Å². The molecule has 4 aliphatic rings. The highest BCUT2D eigenvalue weighted by Gasteiger charge is 2.45. The van der Waals surface area contributed by atoms with Crippen molar-refractivity contribution in [1.82, 2.24) is 19.3 Å². The standard InChI is InChI=1S/C37H37F2N5O4.CH2O2/c1-22-21-48-35-32-27(17-30(39)33(35)41-14-12-40(2)13-15-41)34(45)28(19-44(22)32)37(47)42-18-25-10-11-43(31(25)20-42)36(46)24-8-9-26(29(38)16-24)23-6-4-3-5-7-23;2-1-3/h3-9,16-17,19,22,25,31H,10-15,18,20-21H2,1-2H3;1H,(H,2,3)/t22?,25-,31+;/m0./s1. The van der Waals surface area contributed by atoms with E-state index in [1.807, 2.05) is 53.8 Å². The molecule has 266 valence electrons. The lowest BCUT2D eigenvalue weighted by Crippen LogP contribution is -2.45. The van der Waals surface area contributed by atoms with Gasteiger partial charge in [-0.15, -0.1) is 0 Å². The molecular weight excluding hydrogens is 660 g/mol. The monoisotopic (exact) mass is 699 g/mol. The summed E-state index contributed by atoms with van der Waals surface area (Å²) in [5.41, 5.74) is 1.73. The molecule has 5 heterocycles. The van der Waals surface area contributed by atoms with Crippen LogP contribution in [0.4, 0.5) is 14.5 Å². The largest absolute Gasteiger partial charge is 0.487 e. The second-order valence-corrected chi connectivity index (χ2v) is 13.7. The first kappa shape index (κ1) is 34.2. The van der Waals surface area contributed by atoms with Gasteiger partial charge in [0.1, 0.15) is 23.7 Å². The molecule has 11 nitrogen and oxygen atoms in total. The maximum absolute atomic E-state index is 15.8. The molecule has 3 atom stereocenters. The summed E-state index contributed by atoms with van der Waals surface area (Å²) >= 11 is 0. The highest BCUT2D eigenvalue weighted by atomic mass is 19.1. The smallest absolute Gasteiger partial charge is 0.290 e. The van der Waals surface area contributed by atoms with Crippen molar-refractivity contribution in [1.29, 1.82) is 0 Å². The molecule has 0 bridgehead atoms. The van der Waals surface area contributed by atoms with E-state index in [4.69, 9.17) is 14.6 Å². The lowest BCUT2D eigenvalue weighted by molar-refractivity contribution is -0.122.